The highest BCUT2D eigenvalue weighted by atomic mass is 16.1. The second-order valence-corrected chi connectivity index (χ2v) is 3.40. The fraction of sp³-hybridized carbons (Fsp3) is 0.182. The lowest BCUT2D eigenvalue weighted by atomic mass is 10.1. The van der Waals surface area contributed by atoms with Crippen LogP contribution in [0.4, 0.5) is 0 Å². The molecule has 0 bridgehead atoms. The molecule has 5 nitrogen and oxygen atoms in total. The Bertz CT molecular complexity index is 552. The van der Waals surface area contributed by atoms with Crippen LogP contribution in [-0.4, -0.2) is 16.1 Å². The molecular formula is C11H10N4O. The molecule has 1 amide bonds. The number of nitrogens with zero attached hydrogens (tertiary/aromatic N) is 2. The predicted octanol–water partition coefficient (Wildman–Crippen LogP) is 1.09. The summed E-state index contributed by atoms with van der Waals surface area (Å²) >= 11 is 0. The minimum absolute atomic E-state index is 0.105. The van der Waals surface area contributed by atoms with Gasteiger partial charge in [-0.15, -0.1) is 0 Å². The van der Waals surface area contributed by atoms with Gasteiger partial charge in [0, 0.05) is 11.9 Å². The number of aromatic nitrogens is 2. The number of carbonyl (C=O) groups is 1. The van der Waals surface area contributed by atoms with E-state index in [1.807, 2.05) is 18.2 Å². The summed E-state index contributed by atoms with van der Waals surface area (Å²) in [5, 5.41) is 18.8. The summed E-state index contributed by atoms with van der Waals surface area (Å²) in [5.41, 5.74) is 1.91. The highest BCUT2D eigenvalue weighted by Crippen LogP contribution is 2.12. The second-order valence-electron chi connectivity index (χ2n) is 3.40. The highest BCUT2D eigenvalue weighted by Gasteiger charge is 2.01. The summed E-state index contributed by atoms with van der Waals surface area (Å²) in [6.07, 6.45) is 1.64. The number of nitrogens with one attached hydrogen (secondary N) is 2. The fourth-order valence-corrected chi connectivity index (χ4v) is 1.43. The molecular weight excluding hydrogens is 204 g/mol. The van der Waals surface area contributed by atoms with Crippen molar-refractivity contribution in [1.82, 2.24) is 15.5 Å². The normalized spacial score (nSPS) is 9.94. The molecule has 5 heteroatoms. The summed E-state index contributed by atoms with van der Waals surface area (Å²) in [7, 11) is 0. The zero-order valence-electron chi connectivity index (χ0n) is 8.53. The van der Waals surface area contributed by atoms with Crippen LogP contribution in [0.15, 0.2) is 24.4 Å². The monoisotopic (exact) mass is 214 g/mol. The maximum absolute atomic E-state index is 11.1. The van der Waals surface area contributed by atoms with Crippen molar-refractivity contribution >= 4 is 16.8 Å². The molecule has 2 aromatic rings. The number of nitriles is 1. The van der Waals surface area contributed by atoms with E-state index in [0.717, 1.165) is 16.5 Å². The summed E-state index contributed by atoms with van der Waals surface area (Å²) in [5.74, 6) is -0.257. The molecule has 0 radical (unpaired) electrons. The smallest absolute Gasteiger partial charge is 0.234 e. The van der Waals surface area contributed by atoms with Gasteiger partial charge in [-0.1, -0.05) is 12.1 Å². The Morgan fingerprint density at radius 1 is 1.56 bits per heavy atom. The van der Waals surface area contributed by atoms with Crippen LogP contribution in [0.1, 0.15) is 12.0 Å². The zero-order chi connectivity index (χ0) is 11.4. The maximum atomic E-state index is 11.1. The zero-order valence-corrected chi connectivity index (χ0v) is 8.53. The number of fused-ring (bicyclic) bond motifs is 1. The van der Waals surface area contributed by atoms with Crippen LogP contribution in [0.2, 0.25) is 0 Å². The number of benzene rings is 1. The summed E-state index contributed by atoms with van der Waals surface area (Å²) in [6.45, 7) is 0.426. The first kappa shape index (κ1) is 10.2. The average Bonchev–Trinajstić information content (AvgIpc) is 2.74. The molecule has 0 aliphatic carbocycles. The highest BCUT2D eigenvalue weighted by molar-refractivity contribution is 5.79. The topological polar surface area (TPSA) is 81.6 Å². The van der Waals surface area contributed by atoms with Crippen molar-refractivity contribution in [3.05, 3.63) is 30.0 Å². The van der Waals surface area contributed by atoms with Gasteiger partial charge in [0.25, 0.3) is 0 Å². The standard InChI is InChI=1S/C11H10N4O/c12-4-3-11(16)13-6-8-1-2-9-7-14-15-10(9)5-8/h1-2,5,7H,3,6H2,(H,13,16)(H,14,15). The van der Waals surface area contributed by atoms with Crippen molar-refractivity contribution in [2.45, 2.75) is 13.0 Å². The average molecular weight is 214 g/mol. The van der Waals surface area contributed by atoms with Gasteiger partial charge >= 0.3 is 0 Å². The van der Waals surface area contributed by atoms with Crippen LogP contribution in [-0.2, 0) is 11.3 Å². The second kappa shape index (κ2) is 4.45. The third-order valence-electron chi connectivity index (χ3n) is 2.24. The van der Waals surface area contributed by atoms with Crippen LogP contribution in [0.25, 0.3) is 10.9 Å². The van der Waals surface area contributed by atoms with Gasteiger partial charge in [0.05, 0.1) is 17.8 Å². The van der Waals surface area contributed by atoms with Crippen LogP contribution in [0.3, 0.4) is 0 Å². The molecule has 2 rings (SSSR count). The third-order valence-corrected chi connectivity index (χ3v) is 2.24. The summed E-state index contributed by atoms with van der Waals surface area (Å²) < 4.78 is 0. The largest absolute Gasteiger partial charge is 0.351 e. The van der Waals surface area contributed by atoms with Crippen molar-refractivity contribution in [2.24, 2.45) is 0 Å². The van der Waals surface area contributed by atoms with Crippen molar-refractivity contribution in [2.75, 3.05) is 0 Å². The molecule has 0 aliphatic heterocycles. The molecule has 1 aromatic carbocycles. The van der Waals surface area contributed by atoms with Crippen molar-refractivity contribution in [3.63, 3.8) is 0 Å². The molecule has 0 aliphatic rings. The van der Waals surface area contributed by atoms with Crippen LogP contribution in [0.5, 0.6) is 0 Å². The minimum Gasteiger partial charge on any atom is -0.351 e. The van der Waals surface area contributed by atoms with Gasteiger partial charge in [-0.05, 0) is 11.6 Å². The SMILES string of the molecule is N#CCC(=O)NCc1ccc2cn[nH]c2c1. The van der Waals surface area contributed by atoms with E-state index in [9.17, 15) is 4.79 Å². The molecule has 0 atom stereocenters. The van der Waals surface area contributed by atoms with E-state index in [4.69, 9.17) is 5.26 Å². The number of carbonyl (C=O) groups excluding carboxylic acids is 1. The van der Waals surface area contributed by atoms with Crippen LogP contribution in [0, 0.1) is 11.3 Å². The number of hydrogen-bond acceptors (Lipinski definition) is 3. The molecule has 80 valence electrons. The lowest BCUT2D eigenvalue weighted by Gasteiger charge is -2.02. The Morgan fingerprint density at radius 2 is 2.44 bits per heavy atom. The summed E-state index contributed by atoms with van der Waals surface area (Å²) in [6, 6.07) is 7.58. The van der Waals surface area contributed by atoms with Gasteiger partial charge in [0.1, 0.15) is 6.42 Å². The molecule has 0 unspecified atom stereocenters. The van der Waals surface area contributed by atoms with E-state index >= 15 is 0 Å². The number of amides is 1. The van der Waals surface area contributed by atoms with Gasteiger partial charge in [-0.25, -0.2) is 0 Å². The van der Waals surface area contributed by atoms with E-state index < -0.39 is 0 Å². The molecule has 0 saturated carbocycles. The Kier molecular flexibility index (Phi) is 2.83. The first-order chi connectivity index (χ1) is 7.79. The van der Waals surface area contributed by atoms with Gasteiger partial charge in [0.15, 0.2) is 0 Å². The van der Waals surface area contributed by atoms with Crippen molar-refractivity contribution in [3.8, 4) is 6.07 Å². The Labute approximate surface area is 92.1 Å². The number of H-pyrrole nitrogens is 1. The third kappa shape index (κ3) is 2.17. The lowest BCUT2D eigenvalue weighted by Crippen LogP contribution is -2.21. The molecule has 0 saturated heterocycles. The van der Waals surface area contributed by atoms with Crippen molar-refractivity contribution < 1.29 is 4.79 Å². The number of hydrogen-bond donors (Lipinski definition) is 2. The molecule has 0 fully saturated rings. The van der Waals surface area contributed by atoms with Crippen LogP contribution < -0.4 is 5.32 Å². The van der Waals surface area contributed by atoms with Gasteiger partial charge in [-0.3, -0.25) is 9.89 Å². The molecule has 0 spiro atoms. The molecule has 1 aromatic heterocycles. The predicted molar refractivity (Wildman–Crippen MR) is 58.2 cm³/mol. The van der Waals surface area contributed by atoms with E-state index in [0.29, 0.717) is 6.54 Å². The minimum atomic E-state index is -0.257. The van der Waals surface area contributed by atoms with E-state index in [2.05, 4.69) is 15.5 Å². The van der Waals surface area contributed by atoms with E-state index in [1.165, 1.54) is 0 Å². The Hall–Kier alpha value is -2.35. The molecule has 16 heavy (non-hydrogen) atoms. The number of rotatable bonds is 3. The van der Waals surface area contributed by atoms with E-state index in [-0.39, 0.29) is 12.3 Å². The lowest BCUT2D eigenvalue weighted by molar-refractivity contribution is -0.120. The van der Waals surface area contributed by atoms with Crippen molar-refractivity contribution in [1.29, 1.82) is 5.26 Å². The Balaban J connectivity index is 2.04. The summed E-state index contributed by atoms with van der Waals surface area (Å²) in [4.78, 5) is 11.1. The van der Waals surface area contributed by atoms with Gasteiger partial charge in [0.2, 0.25) is 5.91 Å². The number of aromatic amines is 1. The maximum Gasteiger partial charge on any atom is 0.234 e. The first-order valence-corrected chi connectivity index (χ1v) is 4.85. The first-order valence-electron chi connectivity index (χ1n) is 4.85. The van der Waals surface area contributed by atoms with Gasteiger partial charge < -0.3 is 5.32 Å². The molecule has 2 N–H and O–H groups in total. The van der Waals surface area contributed by atoms with E-state index in [1.54, 1.807) is 12.3 Å². The van der Waals surface area contributed by atoms with Crippen LogP contribution >= 0.6 is 0 Å². The molecule has 1 heterocycles. The fourth-order valence-electron chi connectivity index (χ4n) is 1.43. The quantitative estimate of drug-likeness (QED) is 0.802. The Morgan fingerprint density at radius 3 is 3.25 bits per heavy atom. The van der Waals surface area contributed by atoms with Gasteiger partial charge in [-0.2, -0.15) is 10.4 Å².